The Kier molecular flexibility index (Phi) is 2.25. The molecule has 0 aliphatic rings. The number of hydrogen-bond acceptors (Lipinski definition) is 1. The standard InChI is InChI=1S/C20H13NO/c1-2-6-13(7-3-1)17-12-22-20-16(17)11-10-15-14-8-4-5-9-18(14)21-19(15)20/h1-12,21H. The van der Waals surface area contributed by atoms with E-state index in [1.54, 1.807) is 0 Å². The predicted octanol–water partition coefficient (Wildman–Crippen LogP) is 5.73. The molecule has 5 aromatic rings. The van der Waals surface area contributed by atoms with Gasteiger partial charge in [0.1, 0.15) is 0 Å². The number of hydrogen-bond donors (Lipinski definition) is 1. The van der Waals surface area contributed by atoms with Crippen LogP contribution in [-0.2, 0) is 0 Å². The van der Waals surface area contributed by atoms with Gasteiger partial charge in [-0.15, -0.1) is 0 Å². The van der Waals surface area contributed by atoms with Crippen LogP contribution < -0.4 is 0 Å². The Morgan fingerprint density at radius 1 is 0.682 bits per heavy atom. The molecule has 104 valence electrons. The molecule has 5 rings (SSSR count). The molecule has 0 fully saturated rings. The average Bonchev–Trinajstić information content (AvgIpc) is 3.16. The summed E-state index contributed by atoms with van der Waals surface area (Å²) < 4.78 is 5.92. The molecule has 2 nitrogen and oxygen atoms in total. The molecule has 2 heterocycles. The first-order valence-electron chi connectivity index (χ1n) is 7.38. The zero-order valence-corrected chi connectivity index (χ0v) is 11.8. The van der Waals surface area contributed by atoms with Crippen molar-refractivity contribution < 1.29 is 4.42 Å². The number of aromatic amines is 1. The summed E-state index contributed by atoms with van der Waals surface area (Å²) in [6, 6.07) is 23.0. The zero-order valence-electron chi connectivity index (χ0n) is 11.8. The van der Waals surface area contributed by atoms with Gasteiger partial charge in [0.25, 0.3) is 0 Å². The summed E-state index contributed by atoms with van der Waals surface area (Å²) in [5.41, 5.74) is 5.45. The van der Waals surface area contributed by atoms with Crippen LogP contribution in [0.3, 0.4) is 0 Å². The van der Waals surface area contributed by atoms with Gasteiger partial charge >= 0.3 is 0 Å². The van der Waals surface area contributed by atoms with E-state index in [1.165, 1.54) is 16.3 Å². The van der Waals surface area contributed by atoms with E-state index in [2.05, 4.69) is 59.6 Å². The molecule has 22 heavy (non-hydrogen) atoms. The molecule has 0 saturated carbocycles. The highest BCUT2D eigenvalue weighted by Gasteiger charge is 2.13. The van der Waals surface area contributed by atoms with Crippen LogP contribution in [0.25, 0.3) is 43.9 Å². The first-order valence-corrected chi connectivity index (χ1v) is 7.38. The Labute approximate surface area is 127 Å². The van der Waals surface area contributed by atoms with Crippen molar-refractivity contribution in [3.05, 3.63) is 73.0 Å². The second-order valence-electron chi connectivity index (χ2n) is 5.55. The van der Waals surface area contributed by atoms with Crippen molar-refractivity contribution in [3.63, 3.8) is 0 Å². The van der Waals surface area contributed by atoms with Crippen molar-refractivity contribution >= 4 is 32.8 Å². The normalized spacial score (nSPS) is 11.6. The molecule has 0 saturated heterocycles. The molecule has 3 aromatic carbocycles. The van der Waals surface area contributed by atoms with E-state index in [1.807, 2.05) is 18.4 Å². The van der Waals surface area contributed by atoms with Crippen LogP contribution in [0.1, 0.15) is 0 Å². The van der Waals surface area contributed by atoms with Gasteiger partial charge in [0, 0.05) is 27.2 Å². The monoisotopic (exact) mass is 283 g/mol. The Morgan fingerprint density at radius 2 is 1.45 bits per heavy atom. The first kappa shape index (κ1) is 11.6. The number of benzene rings is 3. The van der Waals surface area contributed by atoms with E-state index in [-0.39, 0.29) is 0 Å². The zero-order chi connectivity index (χ0) is 14.5. The maximum atomic E-state index is 5.92. The molecule has 2 heteroatoms. The van der Waals surface area contributed by atoms with E-state index >= 15 is 0 Å². The van der Waals surface area contributed by atoms with Crippen LogP contribution in [0.2, 0.25) is 0 Å². The van der Waals surface area contributed by atoms with Crippen LogP contribution in [0, 0.1) is 0 Å². The third-order valence-electron chi connectivity index (χ3n) is 4.30. The summed E-state index contributed by atoms with van der Waals surface area (Å²) in [5.74, 6) is 0. The van der Waals surface area contributed by atoms with Crippen molar-refractivity contribution in [2.45, 2.75) is 0 Å². The van der Waals surface area contributed by atoms with Crippen LogP contribution >= 0.6 is 0 Å². The molecule has 0 atom stereocenters. The lowest BCUT2D eigenvalue weighted by Crippen LogP contribution is -1.75. The lowest BCUT2D eigenvalue weighted by atomic mass is 10.0. The van der Waals surface area contributed by atoms with Gasteiger partial charge in [-0.25, -0.2) is 0 Å². The van der Waals surface area contributed by atoms with E-state index in [4.69, 9.17) is 4.42 Å². The van der Waals surface area contributed by atoms with Gasteiger partial charge in [0.05, 0.1) is 11.8 Å². The van der Waals surface area contributed by atoms with E-state index < -0.39 is 0 Å². The Morgan fingerprint density at radius 3 is 2.36 bits per heavy atom. The van der Waals surface area contributed by atoms with Crippen molar-refractivity contribution in [3.8, 4) is 11.1 Å². The molecule has 0 spiro atoms. The first-order chi connectivity index (χ1) is 10.9. The van der Waals surface area contributed by atoms with Gasteiger partial charge in [0.2, 0.25) is 0 Å². The summed E-state index contributed by atoms with van der Waals surface area (Å²) in [4.78, 5) is 3.49. The van der Waals surface area contributed by atoms with Gasteiger partial charge in [0.15, 0.2) is 5.58 Å². The van der Waals surface area contributed by atoms with Gasteiger partial charge in [-0.2, -0.15) is 0 Å². The fourth-order valence-corrected chi connectivity index (χ4v) is 3.25. The van der Waals surface area contributed by atoms with Crippen molar-refractivity contribution in [1.29, 1.82) is 0 Å². The molecule has 2 aromatic heterocycles. The topological polar surface area (TPSA) is 28.9 Å². The molecule has 0 amide bonds. The van der Waals surface area contributed by atoms with Crippen molar-refractivity contribution in [2.75, 3.05) is 0 Å². The average molecular weight is 283 g/mol. The smallest absolute Gasteiger partial charge is 0.158 e. The Hall–Kier alpha value is -3.00. The second-order valence-corrected chi connectivity index (χ2v) is 5.55. The molecule has 1 N–H and O–H groups in total. The lowest BCUT2D eigenvalue weighted by Gasteiger charge is -1.98. The third-order valence-corrected chi connectivity index (χ3v) is 4.30. The molecular weight excluding hydrogens is 270 g/mol. The largest absolute Gasteiger partial charge is 0.461 e. The van der Waals surface area contributed by atoms with Crippen LogP contribution in [-0.4, -0.2) is 4.98 Å². The summed E-state index contributed by atoms with van der Waals surface area (Å²) in [6.45, 7) is 0. The van der Waals surface area contributed by atoms with Gasteiger partial charge in [-0.1, -0.05) is 54.6 Å². The van der Waals surface area contributed by atoms with Crippen LogP contribution in [0.5, 0.6) is 0 Å². The van der Waals surface area contributed by atoms with Gasteiger partial charge in [-0.3, -0.25) is 0 Å². The van der Waals surface area contributed by atoms with Crippen LogP contribution in [0.4, 0.5) is 0 Å². The third kappa shape index (κ3) is 1.49. The molecule has 0 unspecified atom stereocenters. The molecule has 0 aliphatic carbocycles. The minimum Gasteiger partial charge on any atom is -0.461 e. The number of aromatic nitrogens is 1. The summed E-state index contributed by atoms with van der Waals surface area (Å²) in [5, 5.41) is 3.58. The summed E-state index contributed by atoms with van der Waals surface area (Å²) in [6.07, 6.45) is 1.85. The number of nitrogens with one attached hydrogen (secondary N) is 1. The molecule has 0 aliphatic heterocycles. The molecule has 0 bridgehead atoms. The fraction of sp³-hybridized carbons (Fsp3) is 0. The molecular formula is C20H13NO. The van der Waals surface area contributed by atoms with Gasteiger partial charge < -0.3 is 9.40 Å². The molecule has 0 radical (unpaired) electrons. The summed E-state index contributed by atoms with van der Waals surface area (Å²) >= 11 is 0. The van der Waals surface area contributed by atoms with E-state index in [0.717, 1.165) is 27.6 Å². The van der Waals surface area contributed by atoms with Crippen molar-refractivity contribution in [1.82, 2.24) is 4.98 Å². The van der Waals surface area contributed by atoms with E-state index in [9.17, 15) is 0 Å². The minimum absolute atomic E-state index is 0.924. The minimum atomic E-state index is 0.924. The Bertz CT molecular complexity index is 1120. The highest BCUT2D eigenvalue weighted by atomic mass is 16.3. The summed E-state index contributed by atoms with van der Waals surface area (Å²) in [7, 11) is 0. The van der Waals surface area contributed by atoms with Crippen molar-refractivity contribution in [2.24, 2.45) is 0 Å². The predicted molar refractivity (Wildman–Crippen MR) is 91.0 cm³/mol. The quantitative estimate of drug-likeness (QED) is 0.418. The maximum Gasteiger partial charge on any atom is 0.158 e. The number of fused-ring (bicyclic) bond motifs is 5. The van der Waals surface area contributed by atoms with E-state index in [0.29, 0.717) is 0 Å². The number of H-pyrrole nitrogens is 1. The van der Waals surface area contributed by atoms with Crippen LogP contribution in [0.15, 0.2) is 77.4 Å². The number of para-hydroxylation sites is 1. The Balaban J connectivity index is 1.89. The fourth-order valence-electron chi connectivity index (χ4n) is 3.25. The second kappa shape index (κ2) is 4.25. The maximum absolute atomic E-state index is 5.92. The number of rotatable bonds is 1. The SMILES string of the molecule is c1ccc(-c2coc3c2ccc2c4ccccc4[nH]c23)cc1. The number of furan rings is 1. The lowest BCUT2D eigenvalue weighted by molar-refractivity contribution is 0.619. The highest BCUT2D eigenvalue weighted by molar-refractivity contribution is 6.17. The highest BCUT2D eigenvalue weighted by Crippen LogP contribution is 2.36. The van der Waals surface area contributed by atoms with Gasteiger partial charge in [-0.05, 0) is 17.7 Å².